The first-order valence-electron chi connectivity index (χ1n) is 9.76. The Morgan fingerprint density at radius 1 is 1.17 bits per heavy atom. The molecule has 0 fully saturated rings. The highest BCUT2D eigenvalue weighted by atomic mass is 16.5. The molecule has 0 saturated carbocycles. The summed E-state index contributed by atoms with van der Waals surface area (Å²) >= 11 is 0. The van der Waals surface area contributed by atoms with Gasteiger partial charge in [-0.25, -0.2) is 4.79 Å². The minimum atomic E-state index is -0.781. The summed E-state index contributed by atoms with van der Waals surface area (Å²) in [7, 11) is 0. The Bertz CT molecular complexity index is 1010. The second-order valence-corrected chi connectivity index (χ2v) is 6.87. The van der Waals surface area contributed by atoms with Crippen LogP contribution in [0.3, 0.4) is 0 Å². The molecule has 3 aromatic rings. The number of hydrogen-bond acceptors (Lipinski definition) is 5. The SMILES string of the molecule is CCCCc1cc(=O)oc2cc(OCC(=O)NC[C@@H](O)c3ccccc3)ccc12. The van der Waals surface area contributed by atoms with Gasteiger partial charge in [0.25, 0.3) is 5.91 Å². The van der Waals surface area contributed by atoms with Gasteiger partial charge in [-0.2, -0.15) is 0 Å². The molecule has 29 heavy (non-hydrogen) atoms. The average molecular weight is 395 g/mol. The van der Waals surface area contributed by atoms with Gasteiger partial charge in [0.1, 0.15) is 11.3 Å². The van der Waals surface area contributed by atoms with E-state index >= 15 is 0 Å². The summed E-state index contributed by atoms with van der Waals surface area (Å²) in [6, 6.07) is 15.9. The van der Waals surface area contributed by atoms with E-state index in [1.807, 2.05) is 24.3 Å². The third-order valence-corrected chi connectivity index (χ3v) is 4.65. The molecule has 1 amide bonds. The van der Waals surface area contributed by atoms with Gasteiger partial charge in [0.2, 0.25) is 0 Å². The van der Waals surface area contributed by atoms with Crippen molar-refractivity contribution >= 4 is 16.9 Å². The van der Waals surface area contributed by atoms with E-state index in [1.165, 1.54) is 6.07 Å². The standard InChI is InChI=1S/C23H25NO5/c1-2-3-7-17-12-23(27)29-21-13-18(10-11-19(17)21)28-15-22(26)24-14-20(25)16-8-5-4-6-9-16/h4-6,8-13,20,25H,2-3,7,14-15H2,1H3,(H,24,26)/t20-/m1/s1. The van der Waals surface area contributed by atoms with Crippen LogP contribution in [0.15, 0.2) is 63.8 Å². The largest absolute Gasteiger partial charge is 0.484 e. The maximum atomic E-state index is 12.0. The molecule has 1 aromatic heterocycles. The predicted molar refractivity (Wildman–Crippen MR) is 111 cm³/mol. The summed E-state index contributed by atoms with van der Waals surface area (Å²) < 4.78 is 10.8. The zero-order valence-electron chi connectivity index (χ0n) is 16.4. The van der Waals surface area contributed by atoms with Crippen molar-refractivity contribution < 1.29 is 19.1 Å². The van der Waals surface area contributed by atoms with Gasteiger partial charge in [0.05, 0.1) is 6.10 Å². The number of aryl methyl sites for hydroxylation is 1. The number of fused-ring (bicyclic) bond motifs is 1. The number of unbranched alkanes of at least 4 members (excludes halogenated alkanes) is 1. The molecule has 6 heteroatoms. The molecule has 0 aliphatic heterocycles. The predicted octanol–water partition coefficient (Wildman–Crippen LogP) is 3.36. The highest BCUT2D eigenvalue weighted by molar-refractivity contribution is 5.82. The van der Waals surface area contributed by atoms with Crippen molar-refractivity contribution in [2.24, 2.45) is 0 Å². The number of ether oxygens (including phenoxy) is 1. The molecule has 2 aromatic carbocycles. The van der Waals surface area contributed by atoms with Crippen molar-refractivity contribution in [1.82, 2.24) is 5.32 Å². The molecule has 0 radical (unpaired) electrons. The summed E-state index contributed by atoms with van der Waals surface area (Å²) in [5.41, 5.74) is 1.74. The highest BCUT2D eigenvalue weighted by Gasteiger charge is 2.11. The average Bonchev–Trinajstić information content (AvgIpc) is 2.74. The maximum absolute atomic E-state index is 12.0. The second kappa shape index (κ2) is 9.89. The molecule has 1 heterocycles. The molecule has 0 unspecified atom stereocenters. The third kappa shape index (κ3) is 5.68. The maximum Gasteiger partial charge on any atom is 0.336 e. The summed E-state index contributed by atoms with van der Waals surface area (Å²) in [6.45, 7) is 2.00. The molecular weight excluding hydrogens is 370 g/mol. The van der Waals surface area contributed by atoms with E-state index in [2.05, 4.69) is 12.2 Å². The molecule has 152 valence electrons. The lowest BCUT2D eigenvalue weighted by Crippen LogP contribution is -2.32. The fourth-order valence-electron chi connectivity index (χ4n) is 3.08. The number of benzene rings is 2. The summed E-state index contributed by atoms with van der Waals surface area (Å²) in [4.78, 5) is 23.8. The van der Waals surface area contributed by atoms with Gasteiger partial charge in [0.15, 0.2) is 6.61 Å². The molecule has 2 N–H and O–H groups in total. The Labute approximate surface area is 169 Å². The first-order chi connectivity index (χ1) is 14.1. The topological polar surface area (TPSA) is 88.8 Å². The monoisotopic (exact) mass is 395 g/mol. The van der Waals surface area contributed by atoms with Crippen LogP contribution in [0.5, 0.6) is 5.75 Å². The van der Waals surface area contributed by atoms with E-state index < -0.39 is 11.7 Å². The lowest BCUT2D eigenvalue weighted by atomic mass is 10.0. The minimum absolute atomic E-state index is 0.0968. The Morgan fingerprint density at radius 3 is 2.72 bits per heavy atom. The number of carbonyl (C=O) groups is 1. The molecule has 0 bridgehead atoms. The molecule has 0 spiro atoms. The normalized spacial score (nSPS) is 11.9. The van der Waals surface area contributed by atoms with Crippen molar-refractivity contribution in [2.45, 2.75) is 32.3 Å². The van der Waals surface area contributed by atoms with Crippen LogP contribution in [-0.4, -0.2) is 24.2 Å². The van der Waals surface area contributed by atoms with Crippen molar-refractivity contribution in [3.63, 3.8) is 0 Å². The zero-order chi connectivity index (χ0) is 20.6. The first kappa shape index (κ1) is 20.6. The van der Waals surface area contributed by atoms with Gasteiger partial charge in [-0.05, 0) is 36.1 Å². The second-order valence-electron chi connectivity index (χ2n) is 6.87. The number of nitrogens with one attached hydrogen (secondary N) is 1. The number of aliphatic hydroxyl groups excluding tert-OH is 1. The molecule has 0 aliphatic carbocycles. The van der Waals surface area contributed by atoms with Gasteiger partial charge < -0.3 is 19.6 Å². The van der Waals surface area contributed by atoms with E-state index in [9.17, 15) is 14.7 Å². The van der Waals surface area contributed by atoms with Gasteiger partial charge in [-0.1, -0.05) is 43.7 Å². The zero-order valence-corrected chi connectivity index (χ0v) is 16.4. The van der Waals surface area contributed by atoms with E-state index in [-0.39, 0.29) is 19.1 Å². The van der Waals surface area contributed by atoms with Crippen molar-refractivity contribution in [2.75, 3.05) is 13.2 Å². The lowest BCUT2D eigenvalue weighted by molar-refractivity contribution is -0.123. The Kier molecular flexibility index (Phi) is 7.03. The molecule has 0 aliphatic rings. The number of amides is 1. The van der Waals surface area contributed by atoms with E-state index in [0.717, 1.165) is 35.8 Å². The van der Waals surface area contributed by atoms with Crippen molar-refractivity contribution in [3.8, 4) is 5.75 Å². The molecule has 6 nitrogen and oxygen atoms in total. The number of hydrogen-bond donors (Lipinski definition) is 2. The lowest BCUT2D eigenvalue weighted by Gasteiger charge is -2.13. The van der Waals surface area contributed by atoms with Gasteiger partial charge >= 0.3 is 5.63 Å². The van der Waals surface area contributed by atoms with E-state index in [1.54, 1.807) is 24.3 Å². The van der Waals surface area contributed by atoms with Gasteiger partial charge in [-0.15, -0.1) is 0 Å². The van der Waals surface area contributed by atoms with E-state index in [4.69, 9.17) is 9.15 Å². The van der Waals surface area contributed by atoms with Crippen LogP contribution in [-0.2, 0) is 11.2 Å². The summed E-state index contributed by atoms with van der Waals surface area (Å²) in [6.07, 6.45) is 2.06. The Hall–Kier alpha value is -3.12. The van der Waals surface area contributed by atoms with Crippen LogP contribution >= 0.6 is 0 Å². The molecule has 0 saturated heterocycles. The van der Waals surface area contributed by atoms with Crippen LogP contribution < -0.4 is 15.7 Å². The van der Waals surface area contributed by atoms with E-state index in [0.29, 0.717) is 11.3 Å². The van der Waals surface area contributed by atoms with Gasteiger partial charge in [-0.3, -0.25) is 4.79 Å². The number of aliphatic hydroxyl groups is 1. The quantitative estimate of drug-likeness (QED) is 0.543. The fraction of sp³-hybridized carbons (Fsp3) is 0.304. The molecule has 1 atom stereocenters. The third-order valence-electron chi connectivity index (χ3n) is 4.65. The van der Waals surface area contributed by atoms with Crippen molar-refractivity contribution in [3.05, 3.63) is 76.1 Å². The van der Waals surface area contributed by atoms with Crippen LogP contribution in [0.2, 0.25) is 0 Å². The summed E-state index contributed by atoms with van der Waals surface area (Å²) in [5, 5.41) is 13.6. The van der Waals surface area contributed by atoms with Gasteiger partial charge in [0, 0.05) is 24.1 Å². The smallest absolute Gasteiger partial charge is 0.336 e. The Balaban J connectivity index is 1.58. The Morgan fingerprint density at radius 2 is 1.97 bits per heavy atom. The first-order valence-corrected chi connectivity index (χ1v) is 9.76. The highest BCUT2D eigenvalue weighted by Crippen LogP contribution is 2.23. The van der Waals surface area contributed by atoms with Crippen LogP contribution in [0.1, 0.15) is 37.0 Å². The van der Waals surface area contributed by atoms with Crippen LogP contribution in [0, 0.1) is 0 Å². The minimum Gasteiger partial charge on any atom is -0.484 e. The fourth-order valence-corrected chi connectivity index (χ4v) is 3.08. The van der Waals surface area contributed by atoms with Crippen LogP contribution in [0.25, 0.3) is 11.0 Å². The molecule has 3 rings (SSSR count). The molecular formula is C23H25NO5. The number of rotatable bonds is 9. The van der Waals surface area contributed by atoms with Crippen LogP contribution in [0.4, 0.5) is 0 Å². The van der Waals surface area contributed by atoms with Crippen molar-refractivity contribution in [1.29, 1.82) is 0 Å². The summed E-state index contributed by atoms with van der Waals surface area (Å²) in [5.74, 6) is 0.0882. The number of carbonyl (C=O) groups excluding carboxylic acids is 1.